The van der Waals surface area contributed by atoms with Gasteiger partial charge in [0.2, 0.25) is 0 Å². The van der Waals surface area contributed by atoms with Gasteiger partial charge >= 0.3 is 5.97 Å². The molecule has 0 fully saturated rings. The SMILES string of the molecule is C#CCn1c(=O)ccc2cc(C(=O)O)cc(CC)c21. The van der Waals surface area contributed by atoms with Gasteiger partial charge in [-0.25, -0.2) is 4.79 Å². The topological polar surface area (TPSA) is 59.3 Å². The molecule has 1 heterocycles. The van der Waals surface area contributed by atoms with Gasteiger partial charge in [0, 0.05) is 6.07 Å². The number of nitrogens with zero attached hydrogens (tertiary/aromatic N) is 1. The first-order valence-corrected chi connectivity index (χ1v) is 5.91. The summed E-state index contributed by atoms with van der Waals surface area (Å²) in [6.45, 7) is 2.09. The van der Waals surface area contributed by atoms with Gasteiger partial charge in [-0.3, -0.25) is 9.36 Å². The molecule has 0 unspecified atom stereocenters. The summed E-state index contributed by atoms with van der Waals surface area (Å²) >= 11 is 0. The summed E-state index contributed by atoms with van der Waals surface area (Å²) in [6, 6.07) is 6.20. The van der Waals surface area contributed by atoms with Crippen molar-refractivity contribution in [3.8, 4) is 12.3 Å². The zero-order valence-electron chi connectivity index (χ0n) is 10.5. The highest BCUT2D eigenvalue weighted by Gasteiger charge is 2.11. The fraction of sp³-hybridized carbons (Fsp3) is 0.200. The van der Waals surface area contributed by atoms with Crippen molar-refractivity contribution in [3.63, 3.8) is 0 Å². The van der Waals surface area contributed by atoms with Gasteiger partial charge in [0.05, 0.1) is 17.6 Å². The second-order valence-electron chi connectivity index (χ2n) is 4.19. The van der Waals surface area contributed by atoms with Crippen LogP contribution < -0.4 is 5.56 Å². The lowest BCUT2D eigenvalue weighted by molar-refractivity contribution is 0.0697. The number of pyridine rings is 1. The van der Waals surface area contributed by atoms with Crippen molar-refractivity contribution < 1.29 is 9.90 Å². The Morgan fingerprint density at radius 3 is 2.74 bits per heavy atom. The van der Waals surface area contributed by atoms with Crippen molar-refractivity contribution in [1.82, 2.24) is 4.57 Å². The molecular formula is C15H13NO3. The monoisotopic (exact) mass is 255 g/mol. The maximum absolute atomic E-state index is 11.9. The largest absolute Gasteiger partial charge is 0.478 e. The van der Waals surface area contributed by atoms with Crippen molar-refractivity contribution >= 4 is 16.9 Å². The van der Waals surface area contributed by atoms with E-state index in [-0.39, 0.29) is 17.7 Å². The Kier molecular flexibility index (Phi) is 3.39. The van der Waals surface area contributed by atoms with E-state index in [2.05, 4.69) is 5.92 Å². The third kappa shape index (κ3) is 2.23. The van der Waals surface area contributed by atoms with Gasteiger partial charge in [0.25, 0.3) is 5.56 Å². The first kappa shape index (κ1) is 12.9. The number of rotatable bonds is 3. The molecule has 0 saturated heterocycles. The summed E-state index contributed by atoms with van der Waals surface area (Å²) in [5.74, 6) is 1.47. The molecule has 1 aromatic heterocycles. The van der Waals surface area contributed by atoms with Crippen LogP contribution in [0.3, 0.4) is 0 Å². The smallest absolute Gasteiger partial charge is 0.335 e. The Morgan fingerprint density at radius 1 is 1.42 bits per heavy atom. The van der Waals surface area contributed by atoms with Gasteiger partial charge < -0.3 is 5.11 Å². The van der Waals surface area contributed by atoms with Crippen molar-refractivity contribution in [2.45, 2.75) is 19.9 Å². The molecule has 0 amide bonds. The van der Waals surface area contributed by atoms with Crippen LogP contribution in [0.15, 0.2) is 29.1 Å². The number of aryl methyl sites for hydroxylation is 1. The highest BCUT2D eigenvalue weighted by atomic mass is 16.4. The zero-order chi connectivity index (χ0) is 14.0. The summed E-state index contributed by atoms with van der Waals surface area (Å²) in [5.41, 5.74) is 1.57. The highest BCUT2D eigenvalue weighted by Crippen LogP contribution is 2.21. The van der Waals surface area contributed by atoms with Crippen LogP contribution >= 0.6 is 0 Å². The molecule has 4 nitrogen and oxygen atoms in total. The zero-order valence-corrected chi connectivity index (χ0v) is 10.5. The molecule has 0 aliphatic rings. The molecule has 1 N–H and O–H groups in total. The summed E-state index contributed by atoms with van der Waals surface area (Å²) in [7, 11) is 0. The molecule has 0 aliphatic heterocycles. The molecule has 2 rings (SSSR count). The number of carboxylic acids is 1. The summed E-state index contributed by atoms with van der Waals surface area (Å²) < 4.78 is 1.50. The van der Waals surface area contributed by atoms with E-state index in [1.165, 1.54) is 10.6 Å². The van der Waals surface area contributed by atoms with Gasteiger partial charge in [-0.05, 0) is 35.6 Å². The summed E-state index contributed by atoms with van der Waals surface area (Å²) in [5, 5.41) is 9.81. The Balaban J connectivity index is 2.90. The summed E-state index contributed by atoms with van der Waals surface area (Å²) in [4.78, 5) is 23.0. The Hall–Kier alpha value is -2.54. The van der Waals surface area contributed by atoms with Crippen molar-refractivity contribution in [1.29, 1.82) is 0 Å². The minimum Gasteiger partial charge on any atom is -0.478 e. The second kappa shape index (κ2) is 4.99. The van der Waals surface area contributed by atoms with Gasteiger partial charge in [-0.2, -0.15) is 0 Å². The van der Waals surface area contributed by atoms with Crippen molar-refractivity contribution in [2.75, 3.05) is 0 Å². The Morgan fingerprint density at radius 2 is 2.16 bits per heavy atom. The van der Waals surface area contributed by atoms with Crippen LogP contribution in [0.25, 0.3) is 10.9 Å². The second-order valence-corrected chi connectivity index (χ2v) is 4.19. The maximum Gasteiger partial charge on any atom is 0.335 e. The normalized spacial score (nSPS) is 10.3. The Labute approximate surface area is 110 Å². The third-order valence-electron chi connectivity index (χ3n) is 3.04. The number of hydrogen-bond acceptors (Lipinski definition) is 2. The lowest BCUT2D eigenvalue weighted by Gasteiger charge is -2.12. The van der Waals surface area contributed by atoms with E-state index in [0.29, 0.717) is 11.8 Å². The fourth-order valence-corrected chi connectivity index (χ4v) is 2.18. The molecule has 0 saturated carbocycles. The van der Waals surface area contributed by atoms with Gasteiger partial charge in [0.1, 0.15) is 0 Å². The van der Waals surface area contributed by atoms with Crippen LogP contribution in [0.4, 0.5) is 0 Å². The van der Waals surface area contributed by atoms with E-state index in [1.54, 1.807) is 18.2 Å². The third-order valence-corrected chi connectivity index (χ3v) is 3.04. The van der Waals surface area contributed by atoms with Crippen molar-refractivity contribution in [2.24, 2.45) is 0 Å². The van der Waals surface area contributed by atoms with E-state index < -0.39 is 5.97 Å². The molecule has 19 heavy (non-hydrogen) atoms. The lowest BCUT2D eigenvalue weighted by Crippen LogP contribution is -2.20. The van der Waals surface area contributed by atoms with E-state index in [1.807, 2.05) is 6.92 Å². The highest BCUT2D eigenvalue weighted by molar-refractivity contribution is 5.94. The lowest BCUT2D eigenvalue weighted by atomic mass is 10.0. The van der Waals surface area contributed by atoms with E-state index in [4.69, 9.17) is 11.5 Å². The average Bonchev–Trinajstić information content (AvgIpc) is 2.40. The van der Waals surface area contributed by atoms with E-state index >= 15 is 0 Å². The molecule has 0 atom stereocenters. The van der Waals surface area contributed by atoms with Crippen molar-refractivity contribution in [3.05, 3.63) is 45.7 Å². The molecule has 96 valence electrons. The van der Waals surface area contributed by atoms with Crippen LogP contribution in [-0.4, -0.2) is 15.6 Å². The molecule has 2 aromatic rings. The number of aromatic nitrogens is 1. The van der Waals surface area contributed by atoms with Gasteiger partial charge in [-0.1, -0.05) is 12.8 Å². The molecule has 0 bridgehead atoms. The van der Waals surface area contributed by atoms with Crippen LogP contribution in [0, 0.1) is 12.3 Å². The van der Waals surface area contributed by atoms with E-state index in [0.717, 1.165) is 11.1 Å². The molecule has 1 aromatic carbocycles. The minimum absolute atomic E-state index is 0.176. The minimum atomic E-state index is -0.980. The summed E-state index contributed by atoms with van der Waals surface area (Å²) in [6.07, 6.45) is 5.92. The quantitative estimate of drug-likeness (QED) is 0.852. The number of carboxylic acid groups (broad SMARTS) is 1. The molecular weight excluding hydrogens is 242 g/mol. The predicted molar refractivity (Wildman–Crippen MR) is 73.4 cm³/mol. The number of fused-ring (bicyclic) bond motifs is 1. The van der Waals surface area contributed by atoms with Gasteiger partial charge in [-0.15, -0.1) is 6.42 Å². The number of carbonyl (C=O) groups is 1. The first-order chi connectivity index (χ1) is 9.08. The number of aromatic carboxylic acids is 1. The molecule has 0 radical (unpaired) electrons. The number of benzene rings is 1. The standard InChI is InChI=1S/C15H13NO3/c1-3-7-16-13(17)6-5-11-9-12(15(18)19)8-10(4-2)14(11)16/h1,5-6,8-9H,4,7H2,2H3,(H,18,19). The van der Waals surface area contributed by atoms with Crippen LogP contribution in [0.5, 0.6) is 0 Å². The first-order valence-electron chi connectivity index (χ1n) is 5.91. The van der Waals surface area contributed by atoms with Crippen LogP contribution in [-0.2, 0) is 13.0 Å². The maximum atomic E-state index is 11.9. The van der Waals surface area contributed by atoms with Gasteiger partial charge in [0.15, 0.2) is 0 Å². The average molecular weight is 255 g/mol. The molecule has 4 heteroatoms. The fourth-order valence-electron chi connectivity index (χ4n) is 2.18. The Bertz CT molecular complexity index is 750. The van der Waals surface area contributed by atoms with Crippen LogP contribution in [0.1, 0.15) is 22.8 Å². The van der Waals surface area contributed by atoms with Crippen LogP contribution in [0.2, 0.25) is 0 Å². The molecule has 0 aliphatic carbocycles. The predicted octanol–water partition coefficient (Wildman–Crippen LogP) is 1.90. The molecule has 0 spiro atoms. The number of terminal acetylenes is 1. The number of hydrogen-bond donors (Lipinski definition) is 1. The van der Waals surface area contributed by atoms with E-state index in [9.17, 15) is 9.59 Å².